The van der Waals surface area contributed by atoms with Gasteiger partial charge >= 0.3 is 12.2 Å². The minimum Gasteiger partial charge on any atom is -0.445 e. The Bertz CT molecular complexity index is 632. The normalized spacial score (nSPS) is 14.0. The van der Waals surface area contributed by atoms with Gasteiger partial charge in [-0.25, -0.2) is 9.59 Å². The summed E-state index contributed by atoms with van der Waals surface area (Å²) in [7, 11) is 1.41. The van der Waals surface area contributed by atoms with E-state index in [2.05, 4.69) is 10.6 Å². The second-order valence-corrected chi connectivity index (χ2v) is 9.42. The zero-order chi connectivity index (χ0) is 21.4. The fraction of sp³-hybridized carbons (Fsp3) is 0.556. The van der Waals surface area contributed by atoms with Gasteiger partial charge in [0.1, 0.15) is 18.4 Å². The number of nitrogens with one attached hydrogen (secondary N) is 2. The molecule has 1 unspecified atom stereocenters. The largest absolute Gasteiger partial charge is 0.445 e. The molecule has 7 nitrogen and oxygen atoms in total. The van der Waals surface area contributed by atoms with Gasteiger partial charge in [0.25, 0.3) is 0 Å². The fourth-order valence-electron chi connectivity index (χ4n) is 2.16. The SMILES string of the molecule is COC(C[C@H](NC(=O)OC(C)(C)C)c1ccccc1)NC(=O)OCC(Cl)(Cl)Cl. The van der Waals surface area contributed by atoms with Crippen molar-refractivity contribution in [2.45, 2.75) is 48.9 Å². The van der Waals surface area contributed by atoms with Crippen LogP contribution in [-0.4, -0.2) is 41.5 Å². The molecule has 0 bridgehead atoms. The van der Waals surface area contributed by atoms with Crippen LogP contribution in [0.15, 0.2) is 30.3 Å². The Morgan fingerprint density at radius 2 is 1.64 bits per heavy atom. The monoisotopic (exact) mass is 454 g/mol. The third kappa shape index (κ3) is 10.8. The van der Waals surface area contributed by atoms with Crippen LogP contribution in [0.4, 0.5) is 9.59 Å². The molecular weight excluding hydrogens is 431 g/mol. The van der Waals surface area contributed by atoms with Crippen molar-refractivity contribution in [2.75, 3.05) is 13.7 Å². The van der Waals surface area contributed by atoms with Crippen molar-refractivity contribution >= 4 is 47.0 Å². The van der Waals surface area contributed by atoms with Crippen LogP contribution < -0.4 is 10.6 Å². The maximum absolute atomic E-state index is 12.2. The molecule has 0 aliphatic heterocycles. The molecule has 0 fully saturated rings. The molecule has 1 aromatic rings. The van der Waals surface area contributed by atoms with Gasteiger partial charge in [0.15, 0.2) is 0 Å². The van der Waals surface area contributed by atoms with Crippen molar-refractivity contribution in [2.24, 2.45) is 0 Å². The number of ether oxygens (including phenoxy) is 3. The van der Waals surface area contributed by atoms with E-state index < -0.39 is 40.5 Å². The van der Waals surface area contributed by atoms with Crippen molar-refractivity contribution in [1.29, 1.82) is 0 Å². The van der Waals surface area contributed by atoms with E-state index in [0.717, 1.165) is 5.56 Å². The van der Waals surface area contributed by atoms with E-state index in [-0.39, 0.29) is 6.42 Å². The summed E-state index contributed by atoms with van der Waals surface area (Å²) < 4.78 is 13.7. The lowest BCUT2D eigenvalue weighted by atomic mass is 10.0. The second-order valence-electron chi connectivity index (χ2n) is 6.91. The number of rotatable bonds is 7. The summed E-state index contributed by atoms with van der Waals surface area (Å²) in [6.45, 7) is 4.89. The molecule has 2 amide bonds. The second kappa shape index (κ2) is 11.0. The molecule has 28 heavy (non-hydrogen) atoms. The van der Waals surface area contributed by atoms with Gasteiger partial charge in [-0.3, -0.25) is 5.32 Å². The third-order valence-corrected chi connectivity index (χ3v) is 3.60. The molecule has 0 aliphatic carbocycles. The predicted octanol–water partition coefficient (Wildman–Crippen LogP) is 4.71. The van der Waals surface area contributed by atoms with Gasteiger partial charge in [0.2, 0.25) is 3.79 Å². The Balaban J connectivity index is 2.80. The van der Waals surface area contributed by atoms with Gasteiger partial charge in [-0.15, -0.1) is 0 Å². The van der Waals surface area contributed by atoms with Crippen LogP contribution in [0.25, 0.3) is 0 Å². The number of hydrogen-bond acceptors (Lipinski definition) is 5. The molecule has 1 aromatic carbocycles. The maximum atomic E-state index is 12.2. The lowest BCUT2D eigenvalue weighted by molar-refractivity contribution is 0.0380. The quantitative estimate of drug-likeness (QED) is 0.459. The van der Waals surface area contributed by atoms with Gasteiger partial charge < -0.3 is 19.5 Å². The first-order chi connectivity index (χ1) is 12.9. The molecule has 158 valence electrons. The highest BCUT2D eigenvalue weighted by molar-refractivity contribution is 6.67. The molecule has 0 heterocycles. The number of benzene rings is 1. The molecular formula is C18H25Cl3N2O5. The Hall–Kier alpha value is -1.41. The van der Waals surface area contributed by atoms with Crippen LogP contribution in [0.2, 0.25) is 0 Å². The first kappa shape index (κ1) is 24.6. The van der Waals surface area contributed by atoms with Crippen molar-refractivity contribution < 1.29 is 23.8 Å². The van der Waals surface area contributed by atoms with Crippen molar-refractivity contribution in [3.8, 4) is 0 Å². The summed E-state index contributed by atoms with van der Waals surface area (Å²) in [5, 5.41) is 5.30. The highest BCUT2D eigenvalue weighted by atomic mass is 35.6. The van der Waals surface area contributed by atoms with Crippen LogP contribution in [0, 0.1) is 0 Å². The predicted molar refractivity (Wildman–Crippen MR) is 109 cm³/mol. The number of alkyl halides is 3. The average molecular weight is 456 g/mol. The minimum absolute atomic E-state index is 0.211. The van der Waals surface area contributed by atoms with Crippen LogP contribution in [0.3, 0.4) is 0 Å². The Kier molecular flexibility index (Phi) is 9.63. The zero-order valence-electron chi connectivity index (χ0n) is 16.1. The lowest BCUT2D eigenvalue weighted by Gasteiger charge is -2.27. The highest BCUT2D eigenvalue weighted by Gasteiger charge is 2.26. The van der Waals surface area contributed by atoms with Crippen molar-refractivity contribution in [3.05, 3.63) is 35.9 Å². The summed E-state index contributed by atoms with van der Waals surface area (Å²) in [4.78, 5) is 24.1. The van der Waals surface area contributed by atoms with E-state index in [1.165, 1.54) is 7.11 Å². The fourth-order valence-corrected chi connectivity index (χ4v) is 2.33. The maximum Gasteiger partial charge on any atom is 0.409 e. The zero-order valence-corrected chi connectivity index (χ0v) is 18.4. The number of carbonyl (C=O) groups excluding carboxylic acids is 2. The highest BCUT2D eigenvalue weighted by Crippen LogP contribution is 2.26. The number of hydrogen-bond donors (Lipinski definition) is 2. The van der Waals surface area contributed by atoms with E-state index in [4.69, 9.17) is 49.0 Å². The Labute approximate surface area is 179 Å². The van der Waals surface area contributed by atoms with Crippen LogP contribution in [0.1, 0.15) is 38.8 Å². The van der Waals surface area contributed by atoms with E-state index in [9.17, 15) is 9.59 Å². The summed E-state index contributed by atoms with van der Waals surface area (Å²) >= 11 is 16.7. The van der Waals surface area contributed by atoms with E-state index >= 15 is 0 Å². The average Bonchev–Trinajstić information content (AvgIpc) is 2.57. The van der Waals surface area contributed by atoms with Gasteiger partial charge in [0, 0.05) is 13.5 Å². The molecule has 0 spiro atoms. The number of halogens is 3. The van der Waals surface area contributed by atoms with Crippen LogP contribution >= 0.6 is 34.8 Å². The number of methoxy groups -OCH3 is 1. The van der Waals surface area contributed by atoms with E-state index in [0.29, 0.717) is 0 Å². The number of carbonyl (C=O) groups is 2. The molecule has 0 saturated carbocycles. The van der Waals surface area contributed by atoms with Gasteiger partial charge in [-0.05, 0) is 26.3 Å². The summed E-state index contributed by atoms with van der Waals surface area (Å²) in [5.41, 5.74) is 0.164. The topological polar surface area (TPSA) is 85.9 Å². The molecule has 10 heteroatoms. The summed E-state index contributed by atoms with van der Waals surface area (Å²) in [6, 6.07) is 8.72. The van der Waals surface area contributed by atoms with Crippen molar-refractivity contribution in [1.82, 2.24) is 10.6 Å². The molecule has 2 atom stereocenters. The van der Waals surface area contributed by atoms with Gasteiger partial charge in [-0.1, -0.05) is 65.1 Å². The van der Waals surface area contributed by atoms with Gasteiger partial charge in [-0.2, -0.15) is 0 Å². The van der Waals surface area contributed by atoms with Gasteiger partial charge in [0.05, 0.1) is 6.04 Å². The third-order valence-electron chi connectivity index (χ3n) is 3.27. The first-order valence-corrected chi connectivity index (χ1v) is 9.60. The minimum atomic E-state index is -1.72. The lowest BCUT2D eigenvalue weighted by Crippen LogP contribution is -2.42. The standard InChI is InChI=1S/C18H25Cl3N2O5/c1-17(2,3)28-16(25)22-13(12-8-6-5-7-9-12)10-14(26-4)23-15(24)27-11-18(19,20)21/h5-9,13-14H,10-11H2,1-4H3,(H,22,25)(H,23,24)/t13-,14?/m0/s1. The Morgan fingerprint density at radius 3 is 2.14 bits per heavy atom. The smallest absolute Gasteiger partial charge is 0.409 e. The molecule has 0 aromatic heterocycles. The molecule has 1 rings (SSSR count). The van der Waals surface area contributed by atoms with Crippen LogP contribution in [0.5, 0.6) is 0 Å². The molecule has 0 aliphatic rings. The van der Waals surface area contributed by atoms with Crippen LogP contribution in [-0.2, 0) is 14.2 Å². The number of alkyl carbamates (subject to hydrolysis) is 2. The molecule has 2 N–H and O–H groups in total. The Morgan fingerprint density at radius 1 is 1.04 bits per heavy atom. The molecule has 0 saturated heterocycles. The summed E-state index contributed by atoms with van der Waals surface area (Å²) in [6.07, 6.45) is -1.97. The molecule has 0 radical (unpaired) electrons. The summed E-state index contributed by atoms with van der Waals surface area (Å²) in [5.74, 6) is 0. The number of amides is 2. The van der Waals surface area contributed by atoms with E-state index in [1.54, 1.807) is 20.8 Å². The van der Waals surface area contributed by atoms with E-state index in [1.807, 2.05) is 30.3 Å². The van der Waals surface area contributed by atoms with Crippen molar-refractivity contribution in [3.63, 3.8) is 0 Å². The first-order valence-electron chi connectivity index (χ1n) is 8.47.